The highest BCUT2D eigenvalue weighted by Crippen LogP contribution is 2.20. The van der Waals surface area contributed by atoms with E-state index in [1.54, 1.807) is 0 Å². The standard InChI is InChI=1S/C16H18N4O2/c1-9-7-13(21)17-19-15(9)11-3-5-12(6-4-11)16-10(2)8-14(22)18-20-16/h3-6,9-10H,7-8H2,1-2H3,(H,17,21)(H,18,22). The van der Waals surface area contributed by atoms with Gasteiger partial charge in [0.1, 0.15) is 0 Å². The maximum absolute atomic E-state index is 11.3. The Hall–Kier alpha value is -2.50. The van der Waals surface area contributed by atoms with Crippen molar-refractivity contribution < 1.29 is 9.59 Å². The molecule has 2 atom stereocenters. The molecule has 0 bridgehead atoms. The summed E-state index contributed by atoms with van der Waals surface area (Å²) in [6.07, 6.45) is 0.909. The summed E-state index contributed by atoms with van der Waals surface area (Å²) in [5.41, 5.74) is 8.81. The zero-order valence-electron chi connectivity index (χ0n) is 12.6. The van der Waals surface area contributed by atoms with Crippen molar-refractivity contribution in [2.24, 2.45) is 22.0 Å². The van der Waals surface area contributed by atoms with Gasteiger partial charge in [-0.15, -0.1) is 0 Å². The maximum Gasteiger partial charge on any atom is 0.240 e. The van der Waals surface area contributed by atoms with Gasteiger partial charge in [0.15, 0.2) is 0 Å². The van der Waals surface area contributed by atoms with Crippen LogP contribution in [-0.4, -0.2) is 23.2 Å². The predicted molar refractivity (Wildman–Crippen MR) is 83.4 cm³/mol. The fraction of sp³-hybridized carbons (Fsp3) is 0.375. The van der Waals surface area contributed by atoms with Crippen LogP contribution < -0.4 is 10.9 Å². The molecule has 0 saturated heterocycles. The third kappa shape index (κ3) is 2.77. The van der Waals surface area contributed by atoms with Gasteiger partial charge in [0.05, 0.1) is 11.4 Å². The highest BCUT2D eigenvalue weighted by Gasteiger charge is 2.23. The van der Waals surface area contributed by atoms with E-state index in [1.807, 2.05) is 38.1 Å². The van der Waals surface area contributed by atoms with Gasteiger partial charge in [0.25, 0.3) is 0 Å². The van der Waals surface area contributed by atoms with Crippen molar-refractivity contribution in [3.05, 3.63) is 35.4 Å². The van der Waals surface area contributed by atoms with Gasteiger partial charge in [-0.1, -0.05) is 38.1 Å². The molecule has 22 heavy (non-hydrogen) atoms. The summed E-state index contributed by atoms with van der Waals surface area (Å²) in [6, 6.07) is 7.92. The SMILES string of the molecule is CC1CC(=O)NN=C1c1ccc(C2=NNC(=O)CC2C)cc1. The van der Waals surface area contributed by atoms with Crippen molar-refractivity contribution in [3.8, 4) is 0 Å². The second-order valence-corrected chi connectivity index (χ2v) is 5.85. The van der Waals surface area contributed by atoms with E-state index in [0.29, 0.717) is 12.8 Å². The molecular weight excluding hydrogens is 280 g/mol. The smallest absolute Gasteiger partial charge is 0.240 e. The lowest BCUT2D eigenvalue weighted by Gasteiger charge is -2.21. The Morgan fingerprint density at radius 1 is 0.818 bits per heavy atom. The van der Waals surface area contributed by atoms with Crippen LogP contribution in [0.15, 0.2) is 34.5 Å². The Bertz CT molecular complexity index is 617. The van der Waals surface area contributed by atoms with Crippen LogP contribution in [0.3, 0.4) is 0 Å². The van der Waals surface area contributed by atoms with Gasteiger partial charge < -0.3 is 0 Å². The number of hydrogen-bond donors (Lipinski definition) is 2. The summed E-state index contributed by atoms with van der Waals surface area (Å²) in [5, 5.41) is 8.32. The van der Waals surface area contributed by atoms with Gasteiger partial charge >= 0.3 is 0 Å². The molecule has 0 aromatic heterocycles. The molecule has 114 valence electrons. The molecule has 1 aromatic rings. The summed E-state index contributed by atoms with van der Waals surface area (Å²) in [6.45, 7) is 3.99. The lowest BCUT2D eigenvalue weighted by atomic mass is 9.90. The van der Waals surface area contributed by atoms with Crippen LogP contribution in [0.1, 0.15) is 37.8 Å². The fourth-order valence-electron chi connectivity index (χ4n) is 2.82. The van der Waals surface area contributed by atoms with Gasteiger partial charge in [-0.05, 0) is 11.1 Å². The summed E-state index contributed by atoms with van der Waals surface area (Å²) in [4.78, 5) is 22.6. The lowest BCUT2D eigenvalue weighted by molar-refractivity contribution is -0.122. The molecule has 0 fully saturated rings. The number of amides is 2. The van der Waals surface area contributed by atoms with E-state index < -0.39 is 0 Å². The van der Waals surface area contributed by atoms with Crippen molar-refractivity contribution in [1.82, 2.24) is 10.9 Å². The molecule has 2 N–H and O–H groups in total. The minimum absolute atomic E-state index is 0.0472. The van der Waals surface area contributed by atoms with E-state index in [4.69, 9.17) is 0 Å². The normalized spacial score (nSPS) is 25.0. The Kier molecular flexibility index (Phi) is 3.75. The van der Waals surface area contributed by atoms with Crippen molar-refractivity contribution >= 4 is 23.2 Å². The maximum atomic E-state index is 11.3. The number of rotatable bonds is 2. The van der Waals surface area contributed by atoms with E-state index >= 15 is 0 Å². The molecule has 6 heteroatoms. The van der Waals surface area contributed by atoms with Crippen molar-refractivity contribution in [2.75, 3.05) is 0 Å². The van der Waals surface area contributed by atoms with E-state index in [2.05, 4.69) is 21.1 Å². The number of benzene rings is 1. The van der Waals surface area contributed by atoms with Crippen molar-refractivity contribution in [1.29, 1.82) is 0 Å². The van der Waals surface area contributed by atoms with Gasteiger partial charge in [0.2, 0.25) is 11.8 Å². The number of hydrazone groups is 2. The summed E-state index contributed by atoms with van der Waals surface area (Å²) in [5.74, 6) is 0.109. The molecule has 6 nitrogen and oxygen atoms in total. The minimum Gasteiger partial charge on any atom is -0.273 e. The Balaban J connectivity index is 1.84. The van der Waals surface area contributed by atoms with Gasteiger partial charge in [0, 0.05) is 24.7 Å². The topological polar surface area (TPSA) is 82.9 Å². The number of carbonyl (C=O) groups is 2. The Labute approximate surface area is 128 Å². The van der Waals surface area contributed by atoms with E-state index in [9.17, 15) is 9.59 Å². The molecule has 0 aliphatic carbocycles. The molecule has 0 saturated carbocycles. The van der Waals surface area contributed by atoms with Crippen molar-refractivity contribution in [2.45, 2.75) is 26.7 Å². The first-order valence-electron chi connectivity index (χ1n) is 7.38. The fourth-order valence-corrected chi connectivity index (χ4v) is 2.82. The molecule has 2 unspecified atom stereocenters. The predicted octanol–water partition coefficient (Wildman–Crippen LogP) is 1.41. The molecule has 0 spiro atoms. The quantitative estimate of drug-likeness (QED) is 0.865. The lowest BCUT2D eigenvalue weighted by Crippen LogP contribution is -2.32. The van der Waals surface area contributed by atoms with Crippen LogP contribution in [0.2, 0.25) is 0 Å². The average Bonchev–Trinajstić information content (AvgIpc) is 2.48. The number of nitrogens with one attached hydrogen (secondary N) is 2. The first-order chi connectivity index (χ1) is 10.5. The first-order valence-corrected chi connectivity index (χ1v) is 7.38. The zero-order valence-corrected chi connectivity index (χ0v) is 12.6. The van der Waals surface area contributed by atoms with E-state index in [1.165, 1.54) is 0 Å². The first kappa shape index (κ1) is 14.4. The van der Waals surface area contributed by atoms with Gasteiger partial charge in [-0.3, -0.25) is 9.59 Å². The largest absolute Gasteiger partial charge is 0.273 e. The molecular formula is C16H18N4O2. The van der Waals surface area contributed by atoms with Crippen LogP contribution >= 0.6 is 0 Å². The third-order valence-corrected chi connectivity index (χ3v) is 4.00. The van der Waals surface area contributed by atoms with Crippen LogP contribution in [0.25, 0.3) is 0 Å². The monoisotopic (exact) mass is 298 g/mol. The van der Waals surface area contributed by atoms with Crippen LogP contribution in [-0.2, 0) is 9.59 Å². The molecule has 2 aliphatic heterocycles. The summed E-state index contributed by atoms with van der Waals surface area (Å²) >= 11 is 0. The Morgan fingerprint density at radius 3 is 1.50 bits per heavy atom. The molecule has 1 aromatic carbocycles. The van der Waals surface area contributed by atoms with Crippen LogP contribution in [0, 0.1) is 11.8 Å². The van der Waals surface area contributed by atoms with E-state index in [-0.39, 0.29) is 23.7 Å². The summed E-state index contributed by atoms with van der Waals surface area (Å²) in [7, 11) is 0. The molecule has 2 aliphatic rings. The second kappa shape index (κ2) is 5.71. The van der Waals surface area contributed by atoms with Crippen LogP contribution in [0.4, 0.5) is 0 Å². The second-order valence-electron chi connectivity index (χ2n) is 5.85. The Morgan fingerprint density at radius 2 is 1.18 bits per heavy atom. The number of hydrogen-bond acceptors (Lipinski definition) is 4. The van der Waals surface area contributed by atoms with Crippen molar-refractivity contribution in [3.63, 3.8) is 0 Å². The highest BCUT2D eigenvalue weighted by atomic mass is 16.2. The summed E-state index contributed by atoms with van der Waals surface area (Å²) < 4.78 is 0. The highest BCUT2D eigenvalue weighted by molar-refractivity contribution is 6.08. The molecule has 3 rings (SSSR count). The van der Waals surface area contributed by atoms with E-state index in [0.717, 1.165) is 22.6 Å². The van der Waals surface area contributed by atoms with Gasteiger partial charge in [-0.25, -0.2) is 10.9 Å². The zero-order chi connectivity index (χ0) is 15.7. The minimum atomic E-state index is -0.0472. The number of carbonyl (C=O) groups excluding carboxylic acids is 2. The third-order valence-electron chi connectivity index (χ3n) is 4.00. The average molecular weight is 298 g/mol. The van der Waals surface area contributed by atoms with Crippen LogP contribution in [0.5, 0.6) is 0 Å². The molecule has 2 amide bonds. The molecule has 2 heterocycles. The number of nitrogens with zero attached hydrogens (tertiary/aromatic N) is 2. The van der Waals surface area contributed by atoms with Gasteiger partial charge in [-0.2, -0.15) is 10.2 Å². The molecule has 0 radical (unpaired) electrons.